The third-order valence-corrected chi connectivity index (χ3v) is 13.0. The molecule has 0 radical (unpaired) electrons. The number of carbonyl (C=O) groups excluding carboxylic acids is 1. The SMILES string of the molecule is CC(C)c1ccccc1-c1cnc2c(c1Cc1ccc(Cl)cc1)c(=O)n(CCCO)c(=O)n2C.CC(C)c1ccccc1-c1cnc2c(c1Cc1ccc(Cl)cc1)c(=O)n(CCCOC=O)c(=O)n2C.O.[Li+].[OH-]. The van der Waals surface area contributed by atoms with Gasteiger partial charge in [0.1, 0.15) is 11.3 Å². The van der Waals surface area contributed by atoms with E-state index < -0.39 is 16.9 Å². The van der Waals surface area contributed by atoms with Gasteiger partial charge in [0.25, 0.3) is 17.6 Å². The zero-order valence-corrected chi connectivity index (χ0v) is 43.6. The number of fused-ring (bicyclic) bond motifs is 2. The van der Waals surface area contributed by atoms with Crippen LogP contribution in [0.15, 0.2) is 129 Å². The molecular formula is C55H59Cl2LiN6O9. The van der Waals surface area contributed by atoms with Crippen LogP contribution in [0.1, 0.15) is 85.8 Å². The zero-order valence-electron chi connectivity index (χ0n) is 42.1. The van der Waals surface area contributed by atoms with Gasteiger partial charge in [0.15, 0.2) is 0 Å². The summed E-state index contributed by atoms with van der Waals surface area (Å²) >= 11 is 12.2. The van der Waals surface area contributed by atoms with Crippen LogP contribution < -0.4 is 41.4 Å². The monoisotopic (exact) mass is 1020 g/mol. The summed E-state index contributed by atoms with van der Waals surface area (Å²) in [5.74, 6) is 0.534. The summed E-state index contributed by atoms with van der Waals surface area (Å²) in [6, 6.07) is 31.3. The van der Waals surface area contributed by atoms with E-state index in [0.29, 0.717) is 64.3 Å². The number of rotatable bonds is 16. The Morgan fingerprint density at radius 2 is 0.986 bits per heavy atom. The van der Waals surface area contributed by atoms with Crippen molar-refractivity contribution >= 4 is 51.7 Å². The van der Waals surface area contributed by atoms with Crippen molar-refractivity contribution in [1.29, 1.82) is 0 Å². The van der Waals surface area contributed by atoms with Crippen molar-refractivity contribution in [3.05, 3.63) is 195 Å². The summed E-state index contributed by atoms with van der Waals surface area (Å²) in [6.07, 6.45) is 5.12. The third kappa shape index (κ3) is 12.9. The van der Waals surface area contributed by atoms with E-state index in [0.717, 1.165) is 55.6 Å². The number of ether oxygens (including phenoxy) is 1. The first-order valence-electron chi connectivity index (χ1n) is 23.2. The van der Waals surface area contributed by atoms with Gasteiger partial charge in [0.05, 0.1) is 17.4 Å². The van der Waals surface area contributed by atoms with E-state index in [1.54, 1.807) is 26.5 Å². The van der Waals surface area contributed by atoms with Crippen molar-refractivity contribution in [2.75, 3.05) is 13.2 Å². The quantitative estimate of drug-likeness (QED) is 0.0757. The van der Waals surface area contributed by atoms with Crippen LogP contribution in [0.4, 0.5) is 0 Å². The Bertz CT molecular complexity index is 3450. The molecule has 73 heavy (non-hydrogen) atoms. The van der Waals surface area contributed by atoms with Crippen molar-refractivity contribution in [2.24, 2.45) is 14.1 Å². The van der Waals surface area contributed by atoms with Gasteiger partial charge < -0.3 is 20.8 Å². The smallest absolute Gasteiger partial charge is 0.870 e. The van der Waals surface area contributed by atoms with Gasteiger partial charge in [-0.25, -0.2) is 19.6 Å². The number of aromatic nitrogens is 6. The zero-order chi connectivity index (χ0) is 50.2. The van der Waals surface area contributed by atoms with Crippen LogP contribution in [-0.2, 0) is 49.6 Å². The molecule has 18 heteroatoms. The molecule has 0 amide bonds. The summed E-state index contributed by atoms with van der Waals surface area (Å²) < 4.78 is 9.96. The van der Waals surface area contributed by atoms with Gasteiger partial charge >= 0.3 is 30.2 Å². The topological polar surface area (TPSA) is 222 Å². The molecule has 4 aromatic heterocycles. The number of carbonyl (C=O) groups is 1. The average molecular weight is 1030 g/mol. The van der Waals surface area contributed by atoms with Gasteiger partial charge in [-0.05, 0) is 106 Å². The molecule has 0 unspecified atom stereocenters. The molecule has 0 aliphatic rings. The van der Waals surface area contributed by atoms with Crippen molar-refractivity contribution < 1.29 is 44.5 Å². The first-order chi connectivity index (χ1) is 33.7. The normalized spacial score (nSPS) is 10.9. The number of aliphatic hydroxyl groups excluding tert-OH is 1. The van der Waals surface area contributed by atoms with E-state index in [1.165, 1.54) is 18.3 Å². The van der Waals surface area contributed by atoms with Gasteiger partial charge in [-0.1, -0.05) is 124 Å². The van der Waals surface area contributed by atoms with Crippen molar-refractivity contribution in [1.82, 2.24) is 28.2 Å². The minimum Gasteiger partial charge on any atom is -0.870 e. The van der Waals surface area contributed by atoms with Crippen molar-refractivity contribution in [3.63, 3.8) is 0 Å². The van der Waals surface area contributed by atoms with Crippen molar-refractivity contribution in [2.45, 2.75) is 78.3 Å². The fourth-order valence-electron chi connectivity index (χ4n) is 8.93. The Morgan fingerprint density at radius 3 is 1.36 bits per heavy atom. The van der Waals surface area contributed by atoms with E-state index in [9.17, 15) is 29.1 Å². The summed E-state index contributed by atoms with van der Waals surface area (Å²) in [6.45, 7) is 9.17. The van der Waals surface area contributed by atoms with E-state index in [2.05, 4.69) is 55.9 Å². The first kappa shape index (κ1) is 59.2. The molecule has 4 heterocycles. The van der Waals surface area contributed by atoms with Gasteiger partial charge in [-0.3, -0.25) is 32.7 Å². The third-order valence-electron chi connectivity index (χ3n) is 12.5. The summed E-state index contributed by atoms with van der Waals surface area (Å²) in [4.78, 5) is 73.1. The van der Waals surface area contributed by atoms with Gasteiger partial charge in [0.2, 0.25) is 0 Å². The molecule has 378 valence electrons. The van der Waals surface area contributed by atoms with E-state index >= 15 is 0 Å². The fraction of sp³-hybridized carbons (Fsp3) is 0.291. The molecule has 15 nitrogen and oxygen atoms in total. The molecule has 0 fully saturated rings. The van der Waals surface area contributed by atoms with Crippen LogP contribution in [-0.4, -0.2) is 64.0 Å². The Labute approximate surface area is 444 Å². The van der Waals surface area contributed by atoms with Crippen LogP contribution in [0.3, 0.4) is 0 Å². The molecule has 0 aliphatic heterocycles. The van der Waals surface area contributed by atoms with Crippen LogP contribution >= 0.6 is 23.2 Å². The number of pyridine rings is 2. The molecule has 4 N–H and O–H groups in total. The maximum absolute atomic E-state index is 13.8. The molecule has 0 aliphatic carbocycles. The Kier molecular flexibility index (Phi) is 21.5. The number of aryl methyl sites for hydroxylation is 2. The van der Waals surface area contributed by atoms with Crippen LogP contribution in [0.25, 0.3) is 44.3 Å². The maximum Gasteiger partial charge on any atom is 1.00 e. The molecular weight excluding hydrogens is 966 g/mol. The van der Waals surface area contributed by atoms with Crippen LogP contribution in [0.2, 0.25) is 10.0 Å². The molecule has 8 aromatic rings. The molecule has 0 spiro atoms. The van der Waals surface area contributed by atoms with Gasteiger partial charge in [-0.2, -0.15) is 0 Å². The number of nitrogens with zero attached hydrogens (tertiary/aromatic N) is 6. The molecule has 0 bridgehead atoms. The molecule has 4 aromatic carbocycles. The summed E-state index contributed by atoms with van der Waals surface area (Å²) in [5, 5.41) is 11.4. The standard InChI is InChI=1S/C28H28ClN3O4.C27H28ClN3O3.Li.2H2O/c1-18(2)21-7-4-5-8-22(21)24-16-30-26-25(23(24)15-19-9-11-20(29)12-10-19)27(34)32(28(35)31(26)3)13-6-14-36-17-33;1-17(2)20-7-4-5-8-21(20)23-16-29-25-24(22(23)15-18-9-11-19(28)12-10-18)26(33)31(13-6-14-32)27(34)30(25)3;;;/h4-5,7-12,16-18H,6,13-15H2,1-3H3;4-5,7-12,16-17,32H,6,13-15H2,1-3H3;;2*1H2/q;;+1;;/p-1. The number of benzene rings is 4. The molecule has 0 atom stereocenters. The molecule has 0 saturated heterocycles. The Hall–Kier alpha value is -6.41. The van der Waals surface area contributed by atoms with E-state index in [-0.39, 0.29) is 73.5 Å². The number of aliphatic hydroxyl groups is 1. The van der Waals surface area contributed by atoms with Crippen LogP contribution in [0.5, 0.6) is 0 Å². The van der Waals surface area contributed by atoms with Gasteiger partial charge in [0, 0.05) is 67.4 Å². The maximum atomic E-state index is 13.8. The summed E-state index contributed by atoms with van der Waals surface area (Å²) in [7, 11) is 3.24. The Balaban J connectivity index is 0.000000304. The average Bonchev–Trinajstić information content (AvgIpc) is 3.36. The minimum absolute atomic E-state index is 0. The first-order valence-corrected chi connectivity index (χ1v) is 24.0. The second-order valence-electron chi connectivity index (χ2n) is 17.8. The molecule has 0 saturated carbocycles. The van der Waals surface area contributed by atoms with Gasteiger partial charge in [-0.15, -0.1) is 0 Å². The predicted octanol–water partition coefficient (Wildman–Crippen LogP) is 5.21. The Morgan fingerprint density at radius 1 is 0.603 bits per heavy atom. The summed E-state index contributed by atoms with van der Waals surface area (Å²) in [5.41, 5.74) is 8.65. The van der Waals surface area contributed by atoms with E-state index in [4.69, 9.17) is 27.9 Å². The van der Waals surface area contributed by atoms with Crippen molar-refractivity contribution in [3.8, 4) is 22.3 Å². The van der Waals surface area contributed by atoms with E-state index in [1.807, 2.05) is 78.9 Å². The predicted molar refractivity (Wildman–Crippen MR) is 284 cm³/mol. The number of hydrogen-bond donors (Lipinski definition) is 1. The number of halogens is 2. The second kappa shape index (κ2) is 26.5. The minimum atomic E-state index is -0.459. The molecule has 8 rings (SSSR count). The number of hydrogen-bond acceptors (Lipinski definition) is 10. The van der Waals surface area contributed by atoms with Crippen LogP contribution in [0, 0.1) is 0 Å². The fourth-order valence-corrected chi connectivity index (χ4v) is 9.19. The largest absolute Gasteiger partial charge is 1.00 e. The second-order valence-corrected chi connectivity index (χ2v) is 18.7.